The van der Waals surface area contributed by atoms with Crippen LogP contribution in [0.15, 0.2) is 24.3 Å². The van der Waals surface area contributed by atoms with E-state index in [1.807, 2.05) is 0 Å². The summed E-state index contributed by atoms with van der Waals surface area (Å²) in [5.41, 5.74) is 2.71. The summed E-state index contributed by atoms with van der Waals surface area (Å²) in [5.74, 6) is 0. The molecule has 1 aromatic rings. The van der Waals surface area contributed by atoms with Gasteiger partial charge in [0.15, 0.2) is 0 Å². The maximum atomic E-state index is 3.62. The fourth-order valence-electron chi connectivity index (χ4n) is 2.58. The fourth-order valence-corrected chi connectivity index (χ4v) is 2.58. The van der Waals surface area contributed by atoms with E-state index in [4.69, 9.17) is 0 Å². The van der Waals surface area contributed by atoms with Crippen LogP contribution in [0.3, 0.4) is 0 Å². The van der Waals surface area contributed by atoms with Crippen LogP contribution >= 0.6 is 0 Å². The molecule has 0 aliphatic rings. The second kappa shape index (κ2) is 7.66. The van der Waals surface area contributed by atoms with Gasteiger partial charge in [-0.15, -0.1) is 0 Å². The van der Waals surface area contributed by atoms with Crippen LogP contribution in [-0.4, -0.2) is 30.1 Å². The topological polar surface area (TPSA) is 15.3 Å². The number of hydrogen-bond acceptors (Lipinski definition) is 2. The predicted octanol–water partition coefficient (Wildman–Crippen LogP) is 3.76. The van der Waals surface area contributed by atoms with Crippen molar-refractivity contribution in [3.05, 3.63) is 35.4 Å². The largest absolute Gasteiger partial charge is 0.309 e. The first kappa shape index (κ1) is 16.2. The van der Waals surface area contributed by atoms with Gasteiger partial charge in [-0.3, -0.25) is 4.90 Å². The molecule has 1 atom stereocenters. The molecule has 2 nitrogen and oxygen atoms in total. The minimum absolute atomic E-state index is 0.418. The molecule has 0 aromatic heterocycles. The first-order chi connectivity index (χ1) is 8.91. The van der Waals surface area contributed by atoms with Crippen LogP contribution in [0.25, 0.3) is 0 Å². The van der Waals surface area contributed by atoms with E-state index in [2.05, 4.69) is 76.0 Å². The first-order valence-electron chi connectivity index (χ1n) is 7.47. The predicted molar refractivity (Wildman–Crippen MR) is 84.6 cm³/mol. The van der Waals surface area contributed by atoms with Crippen molar-refractivity contribution in [3.8, 4) is 0 Å². The van der Waals surface area contributed by atoms with Crippen LogP contribution in [0.1, 0.15) is 51.8 Å². The van der Waals surface area contributed by atoms with Gasteiger partial charge >= 0.3 is 0 Å². The highest BCUT2D eigenvalue weighted by molar-refractivity contribution is 5.24. The molecule has 0 radical (unpaired) electrons. The van der Waals surface area contributed by atoms with Crippen LogP contribution in [0.4, 0.5) is 0 Å². The summed E-state index contributed by atoms with van der Waals surface area (Å²) in [6, 6.07) is 10.4. The standard InChI is InChI=1S/C17H30N2/c1-13(2)19(14(3)4)11-10-18-16(6)17-9-7-8-15(5)12-17/h7-9,12-14,16,18H,10-11H2,1-6H3. The quantitative estimate of drug-likeness (QED) is 0.805. The Morgan fingerprint density at radius 1 is 1.05 bits per heavy atom. The lowest BCUT2D eigenvalue weighted by Crippen LogP contribution is -2.41. The van der Waals surface area contributed by atoms with Gasteiger partial charge in [0.05, 0.1) is 0 Å². The molecule has 0 fully saturated rings. The third-order valence-electron chi connectivity index (χ3n) is 3.69. The van der Waals surface area contributed by atoms with Crippen LogP contribution in [0.5, 0.6) is 0 Å². The van der Waals surface area contributed by atoms with Gasteiger partial charge in [-0.25, -0.2) is 0 Å². The zero-order chi connectivity index (χ0) is 14.4. The second-order valence-corrected chi connectivity index (χ2v) is 6.02. The molecule has 0 saturated heterocycles. The minimum atomic E-state index is 0.418. The second-order valence-electron chi connectivity index (χ2n) is 6.02. The Hall–Kier alpha value is -0.860. The van der Waals surface area contributed by atoms with Crippen molar-refractivity contribution in [3.63, 3.8) is 0 Å². The summed E-state index contributed by atoms with van der Waals surface area (Å²) in [7, 11) is 0. The molecule has 1 unspecified atom stereocenters. The molecule has 108 valence electrons. The van der Waals surface area contributed by atoms with Crippen molar-refractivity contribution in [2.75, 3.05) is 13.1 Å². The third-order valence-corrected chi connectivity index (χ3v) is 3.69. The van der Waals surface area contributed by atoms with Crippen molar-refractivity contribution >= 4 is 0 Å². The van der Waals surface area contributed by atoms with Crippen molar-refractivity contribution < 1.29 is 0 Å². The monoisotopic (exact) mass is 262 g/mol. The molecule has 1 N–H and O–H groups in total. The van der Waals surface area contributed by atoms with Gasteiger partial charge in [-0.2, -0.15) is 0 Å². The summed E-state index contributed by atoms with van der Waals surface area (Å²) < 4.78 is 0. The van der Waals surface area contributed by atoms with E-state index < -0.39 is 0 Å². The number of nitrogens with one attached hydrogen (secondary N) is 1. The molecule has 1 rings (SSSR count). The van der Waals surface area contributed by atoms with E-state index >= 15 is 0 Å². The summed E-state index contributed by atoms with van der Waals surface area (Å²) in [6.45, 7) is 15.6. The van der Waals surface area contributed by atoms with Gasteiger partial charge < -0.3 is 5.32 Å². The lowest BCUT2D eigenvalue weighted by atomic mass is 10.1. The molecule has 0 spiro atoms. The van der Waals surface area contributed by atoms with Crippen LogP contribution in [0, 0.1) is 6.92 Å². The summed E-state index contributed by atoms with van der Waals surface area (Å²) in [5, 5.41) is 3.62. The third kappa shape index (κ3) is 5.33. The maximum Gasteiger partial charge on any atom is 0.0292 e. The molecule has 0 amide bonds. The lowest BCUT2D eigenvalue weighted by molar-refractivity contribution is 0.174. The Kier molecular flexibility index (Phi) is 6.53. The smallest absolute Gasteiger partial charge is 0.0292 e. The van der Waals surface area contributed by atoms with E-state index in [-0.39, 0.29) is 0 Å². The lowest BCUT2D eigenvalue weighted by Gasteiger charge is -2.31. The highest BCUT2D eigenvalue weighted by Crippen LogP contribution is 2.13. The summed E-state index contributed by atoms with van der Waals surface area (Å²) in [6.07, 6.45) is 0. The summed E-state index contributed by atoms with van der Waals surface area (Å²) >= 11 is 0. The molecule has 19 heavy (non-hydrogen) atoms. The van der Waals surface area contributed by atoms with Crippen molar-refractivity contribution in [2.45, 2.75) is 59.7 Å². The van der Waals surface area contributed by atoms with E-state index in [9.17, 15) is 0 Å². The van der Waals surface area contributed by atoms with E-state index in [1.165, 1.54) is 11.1 Å². The Morgan fingerprint density at radius 3 is 2.21 bits per heavy atom. The normalized spacial score (nSPS) is 13.5. The number of rotatable bonds is 7. The molecule has 0 saturated carbocycles. The Morgan fingerprint density at radius 2 is 1.68 bits per heavy atom. The van der Waals surface area contributed by atoms with E-state index in [1.54, 1.807) is 0 Å². The molecule has 1 aromatic carbocycles. The molecule has 0 aliphatic heterocycles. The van der Waals surface area contributed by atoms with Gasteiger partial charge in [0.25, 0.3) is 0 Å². The van der Waals surface area contributed by atoms with Gasteiger partial charge in [0, 0.05) is 31.2 Å². The highest BCUT2D eigenvalue weighted by atomic mass is 15.2. The zero-order valence-electron chi connectivity index (χ0n) is 13.4. The summed E-state index contributed by atoms with van der Waals surface area (Å²) in [4.78, 5) is 2.52. The molecular formula is C17H30N2. The van der Waals surface area contributed by atoms with Crippen LogP contribution in [-0.2, 0) is 0 Å². The minimum Gasteiger partial charge on any atom is -0.309 e. The van der Waals surface area contributed by atoms with Crippen molar-refractivity contribution in [1.82, 2.24) is 10.2 Å². The molecule has 0 bridgehead atoms. The van der Waals surface area contributed by atoms with Gasteiger partial charge in [-0.05, 0) is 47.1 Å². The van der Waals surface area contributed by atoms with E-state index in [0.29, 0.717) is 18.1 Å². The Balaban J connectivity index is 2.44. The highest BCUT2D eigenvalue weighted by Gasteiger charge is 2.13. The van der Waals surface area contributed by atoms with Gasteiger partial charge in [0.1, 0.15) is 0 Å². The van der Waals surface area contributed by atoms with Gasteiger partial charge in [-0.1, -0.05) is 29.8 Å². The Bertz CT molecular complexity index is 363. The average molecular weight is 262 g/mol. The van der Waals surface area contributed by atoms with Crippen molar-refractivity contribution in [1.29, 1.82) is 0 Å². The zero-order valence-corrected chi connectivity index (χ0v) is 13.4. The number of aryl methyl sites for hydroxylation is 1. The Labute approximate surface area is 119 Å². The van der Waals surface area contributed by atoms with Crippen LogP contribution < -0.4 is 5.32 Å². The van der Waals surface area contributed by atoms with Crippen LogP contribution in [0.2, 0.25) is 0 Å². The molecule has 2 heteroatoms. The number of hydrogen-bond donors (Lipinski definition) is 1. The fraction of sp³-hybridized carbons (Fsp3) is 0.647. The SMILES string of the molecule is Cc1cccc(C(C)NCCN(C(C)C)C(C)C)c1. The number of nitrogens with zero attached hydrogens (tertiary/aromatic N) is 1. The number of benzene rings is 1. The molecular weight excluding hydrogens is 232 g/mol. The first-order valence-corrected chi connectivity index (χ1v) is 7.47. The van der Waals surface area contributed by atoms with Crippen molar-refractivity contribution in [2.24, 2.45) is 0 Å². The maximum absolute atomic E-state index is 3.62. The molecule has 0 heterocycles. The van der Waals surface area contributed by atoms with Gasteiger partial charge in [0.2, 0.25) is 0 Å². The molecule has 0 aliphatic carbocycles. The van der Waals surface area contributed by atoms with E-state index in [0.717, 1.165) is 13.1 Å². The average Bonchev–Trinajstić information content (AvgIpc) is 2.33.